The predicted molar refractivity (Wildman–Crippen MR) is 76.5 cm³/mol. The largest absolute Gasteiger partial charge is 0.480 e. The van der Waals surface area contributed by atoms with Gasteiger partial charge in [-0.3, -0.25) is 9.69 Å². The number of carboxylic acid groups (broad SMARTS) is 1. The fourth-order valence-electron chi connectivity index (χ4n) is 3.81. The van der Waals surface area contributed by atoms with E-state index in [2.05, 4.69) is 22.4 Å². The molecule has 19 heavy (non-hydrogen) atoms. The standard InChI is InChI=1S/C15H21NO2S/c17-15(18)14-10-11-4-1-2-6-13(11)16(14)8-7-12-5-3-9-19-12/h3,5,9,11,13-14H,1-2,4,6-8,10H2,(H,17,18)/t11-,13+,14-/m0/s1. The van der Waals surface area contributed by atoms with Gasteiger partial charge in [-0.25, -0.2) is 0 Å². The van der Waals surface area contributed by atoms with E-state index >= 15 is 0 Å². The lowest BCUT2D eigenvalue weighted by Gasteiger charge is -2.32. The first kappa shape index (κ1) is 13.1. The monoisotopic (exact) mass is 279 g/mol. The molecular weight excluding hydrogens is 258 g/mol. The lowest BCUT2D eigenvalue weighted by atomic mass is 9.85. The minimum absolute atomic E-state index is 0.243. The van der Waals surface area contributed by atoms with Crippen molar-refractivity contribution < 1.29 is 9.90 Å². The fourth-order valence-corrected chi connectivity index (χ4v) is 4.51. The second-order valence-corrected chi connectivity index (χ2v) is 6.80. The summed E-state index contributed by atoms with van der Waals surface area (Å²) in [4.78, 5) is 15.1. The third-order valence-electron chi connectivity index (χ3n) is 4.70. The van der Waals surface area contributed by atoms with Gasteiger partial charge in [0.15, 0.2) is 0 Å². The molecule has 0 spiro atoms. The summed E-state index contributed by atoms with van der Waals surface area (Å²) in [5.41, 5.74) is 0. The van der Waals surface area contributed by atoms with E-state index in [9.17, 15) is 9.90 Å². The molecule has 4 heteroatoms. The number of rotatable bonds is 4. The first-order valence-corrected chi connectivity index (χ1v) is 8.14. The van der Waals surface area contributed by atoms with Gasteiger partial charge >= 0.3 is 5.97 Å². The Balaban J connectivity index is 1.69. The molecule has 1 aliphatic heterocycles. The molecule has 3 rings (SSSR count). The van der Waals surface area contributed by atoms with Gasteiger partial charge in [0.25, 0.3) is 0 Å². The first-order chi connectivity index (χ1) is 9.25. The van der Waals surface area contributed by atoms with Gasteiger partial charge in [-0.15, -0.1) is 11.3 Å². The highest BCUT2D eigenvalue weighted by Crippen LogP contribution is 2.39. The third-order valence-corrected chi connectivity index (χ3v) is 5.64. The van der Waals surface area contributed by atoms with Gasteiger partial charge in [-0.1, -0.05) is 18.9 Å². The van der Waals surface area contributed by atoms with E-state index in [0.717, 1.165) is 19.4 Å². The lowest BCUT2D eigenvalue weighted by Crippen LogP contribution is -2.43. The number of nitrogens with zero attached hydrogens (tertiary/aromatic N) is 1. The molecule has 1 aromatic heterocycles. The van der Waals surface area contributed by atoms with E-state index < -0.39 is 5.97 Å². The van der Waals surface area contributed by atoms with Crippen molar-refractivity contribution >= 4 is 17.3 Å². The molecule has 0 bridgehead atoms. The van der Waals surface area contributed by atoms with Crippen molar-refractivity contribution in [2.75, 3.05) is 6.54 Å². The zero-order chi connectivity index (χ0) is 13.2. The van der Waals surface area contributed by atoms with Crippen LogP contribution < -0.4 is 0 Å². The summed E-state index contributed by atoms with van der Waals surface area (Å²) in [6, 6.07) is 4.50. The Labute approximate surface area is 118 Å². The van der Waals surface area contributed by atoms with E-state index in [-0.39, 0.29) is 6.04 Å². The van der Waals surface area contributed by atoms with Crippen LogP contribution in [0.4, 0.5) is 0 Å². The van der Waals surface area contributed by atoms with Crippen molar-refractivity contribution in [1.29, 1.82) is 0 Å². The molecule has 0 amide bonds. The Morgan fingerprint density at radius 2 is 2.26 bits per heavy atom. The van der Waals surface area contributed by atoms with Crippen molar-refractivity contribution in [2.45, 2.75) is 50.6 Å². The van der Waals surface area contributed by atoms with Gasteiger partial charge in [0.2, 0.25) is 0 Å². The van der Waals surface area contributed by atoms with Crippen molar-refractivity contribution in [3.05, 3.63) is 22.4 Å². The summed E-state index contributed by atoms with van der Waals surface area (Å²) < 4.78 is 0. The molecule has 0 radical (unpaired) electrons. The highest BCUT2D eigenvalue weighted by molar-refractivity contribution is 7.09. The smallest absolute Gasteiger partial charge is 0.320 e. The molecule has 2 heterocycles. The zero-order valence-corrected chi connectivity index (χ0v) is 11.9. The number of hydrogen-bond donors (Lipinski definition) is 1. The number of aliphatic carboxylic acids is 1. The molecule has 2 aliphatic rings. The molecular formula is C15H21NO2S. The van der Waals surface area contributed by atoms with Crippen LogP contribution >= 0.6 is 11.3 Å². The Morgan fingerprint density at radius 1 is 1.42 bits per heavy atom. The van der Waals surface area contributed by atoms with Crippen LogP contribution in [0.5, 0.6) is 0 Å². The molecule has 0 unspecified atom stereocenters. The number of hydrogen-bond acceptors (Lipinski definition) is 3. The second-order valence-electron chi connectivity index (χ2n) is 5.77. The van der Waals surface area contributed by atoms with Gasteiger partial charge in [-0.2, -0.15) is 0 Å². The number of fused-ring (bicyclic) bond motifs is 1. The highest BCUT2D eigenvalue weighted by atomic mass is 32.1. The van der Waals surface area contributed by atoms with Gasteiger partial charge in [0, 0.05) is 17.5 Å². The number of likely N-dealkylation sites (tertiary alicyclic amines) is 1. The molecule has 3 atom stereocenters. The molecule has 1 N–H and O–H groups in total. The van der Waals surface area contributed by atoms with Crippen LogP contribution in [-0.4, -0.2) is 34.6 Å². The van der Waals surface area contributed by atoms with Crippen molar-refractivity contribution in [3.8, 4) is 0 Å². The normalized spacial score (nSPS) is 31.3. The van der Waals surface area contributed by atoms with Crippen LogP contribution in [0.25, 0.3) is 0 Å². The third kappa shape index (κ3) is 2.70. The number of carboxylic acids is 1. The fraction of sp³-hybridized carbons (Fsp3) is 0.667. The molecule has 1 saturated carbocycles. The van der Waals surface area contributed by atoms with E-state index in [1.165, 1.54) is 30.6 Å². The Hall–Kier alpha value is -0.870. The summed E-state index contributed by atoms with van der Waals surface area (Å²) in [6.45, 7) is 0.901. The van der Waals surface area contributed by atoms with Gasteiger partial charge in [-0.05, 0) is 43.0 Å². The van der Waals surface area contributed by atoms with Crippen molar-refractivity contribution in [3.63, 3.8) is 0 Å². The predicted octanol–water partition coefficient (Wildman–Crippen LogP) is 3.01. The summed E-state index contributed by atoms with van der Waals surface area (Å²) in [7, 11) is 0. The van der Waals surface area contributed by atoms with E-state index in [1.807, 2.05) is 0 Å². The molecule has 2 fully saturated rings. The Morgan fingerprint density at radius 3 is 3.00 bits per heavy atom. The zero-order valence-electron chi connectivity index (χ0n) is 11.1. The number of carbonyl (C=O) groups is 1. The number of thiophene rings is 1. The molecule has 1 aliphatic carbocycles. The van der Waals surface area contributed by atoms with Crippen LogP contribution in [0, 0.1) is 5.92 Å². The lowest BCUT2D eigenvalue weighted by molar-refractivity contribution is -0.142. The maximum absolute atomic E-state index is 11.5. The molecule has 1 saturated heterocycles. The van der Waals surface area contributed by atoms with Crippen LogP contribution in [-0.2, 0) is 11.2 Å². The summed E-state index contributed by atoms with van der Waals surface area (Å²) in [5.74, 6) is -0.00114. The van der Waals surface area contributed by atoms with Gasteiger partial charge in [0.05, 0.1) is 0 Å². The van der Waals surface area contributed by atoms with Crippen molar-refractivity contribution in [2.24, 2.45) is 5.92 Å². The first-order valence-electron chi connectivity index (χ1n) is 7.26. The minimum atomic E-state index is -0.624. The average molecular weight is 279 g/mol. The molecule has 1 aromatic rings. The Kier molecular flexibility index (Phi) is 3.89. The van der Waals surface area contributed by atoms with Crippen LogP contribution in [0.15, 0.2) is 17.5 Å². The molecule has 3 nitrogen and oxygen atoms in total. The topological polar surface area (TPSA) is 40.5 Å². The van der Waals surface area contributed by atoms with E-state index in [0.29, 0.717) is 12.0 Å². The SMILES string of the molecule is O=C(O)[C@@H]1C[C@@H]2CCCC[C@H]2N1CCc1cccs1. The van der Waals surface area contributed by atoms with Gasteiger partial charge < -0.3 is 5.11 Å². The van der Waals surface area contributed by atoms with Crippen LogP contribution in [0.1, 0.15) is 37.0 Å². The van der Waals surface area contributed by atoms with E-state index in [4.69, 9.17) is 0 Å². The minimum Gasteiger partial charge on any atom is -0.480 e. The summed E-state index contributed by atoms with van der Waals surface area (Å²) >= 11 is 1.77. The summed E-state index contributed by atoms with van der Waals surface area (Å²) in [5, 5.41) is 11.5. The second kappa shape index (κ2) is 5.63. The van der Waals surface area contributed by atoms with Crippen LogP contribution in [0.3, 0.4) is 0 Å². The summed E-state index contributed by atoms with van der Waals surface area (Å²) in [6.07, 6.45) is 6.83. The maximum Gasteiger partial charge on any atom is 0.320 e. The molecule has 104 valence electrons. The van der Waals surface area contributed by atoms with Crippen molar-refractivity contribution in [1.82, 2.24) is 4.90 Å². The van der Waals surface area contributed by atoms with Crippen LogP contribution in [0.2, 0.25) is 0 Å². The highest BCUT2D eigenvalue weighted by Gasteiger charge is 2.44. The van der Waals surface area contributed by atoms with Gasteiger partial charge in [0.1, 0.15) is 6.04 Å². The average Bonchev–Trinajstić information content (AvgIpc) is 3.03. The Bertz CT molecular complexity index is 431. The maximum atomic E-state index is 11.5. The van der Waals surface area contributed by atoms with E-state index in [1.54, 1.807) is 11.3 Å². The quantitative estimate of drug-likeness (QED) is 0.921. The molecule has 0 aromatic carbocycles.